The van der Waals surface area contributed by atoms with E-state index < -0.39 is 28.5 Å². The fourth-order valence-electron chi connectivity index (χ4n) is 2.43. The van der Waals surface area contributed by atoms with Gasteiger partial charge in [0.2, 0.25) is 10.0 Å². The zero-order valence-electron chi connectivity index (χ0n) is 15.8. The number of hydrogen-bond acceptors (Lipinski definition) is 6. The van der Waals surface area contributed by atoms with Gasteiger partial charge in [0, 0.05) is 5.02 Å². The zero-order valence-corrected chi connectivity index (χ0v) is 18.1. The summed E-state index contributed by atoms with van der Waals surface area (Å²) in [4.78, 5) is 24.1. The Labute approximate surface area is 188 Å². The number of rotatable bonds is 8. The lowest BCUT2D eigenvalue weighted by Gasteiger charge is -2.09. The van der Waals surface area contributed by atoms with Crippen molar-refractivity contribution in [1.29, 1.82) is 0 Å². The predicted octanol–water partition coefficient (Wildman–Crippen LogP) is 3.86. The predicted molar refractivity (Wildman–Crippen MR) is 115 cm³/mol. The highest BCUT2D eigenvalue weighted by Gasteiger charge is 2.17. The van der Waals surface area contributed by atoms with Crippen LogP contribution in [0.3, 0.4) is 0 Å². The third kappa shape index (κ3) is 6.31. The van der Waals surface area contributed by atoms with Crippen molar-refractivity contribution in [3.63, 3.8) is 0 Å². The summed E-state index contributed by atoms with van der Waals surface area (Å²) in [6.45, 7) is -0.572. The Kier molecular flexibility index (Phi) is 7.34. The van der Waals surface area contributed by atoms with Gasteiger partial charge in [0.1, 0.15) is 5.76 Å². The van der Waals surface area contributed by atoms with Crippen molar-refractivity contribution in [3.8, 4) is 0 Å². The van der Waals surface area contributed by atoms with Crippen LogP contribution in [0.25, 0.3) is 0 Å². The Morgan fingerprint density at radius 2 is 1.77 bits per heavy atom. The molecule has 8 nitrogen and oxygen atoms in total. The molecular formula is C20H16Cl2N2O6S. The second kappa shape index (κ2) is 9.97. The van der Waals surface area contributed by atoms with Crippen molar-refractivity contribution in [3.05, 3.63) is 82.2 Å². The van der Waals surface area contributed by atoms with Crippen LogP contribution in [0.5, 0.6) is 0 Å². The van der Waals surface area contributed by atoms with Crippen LogP contribution in [0.15, 0.2) is 70.2 Å². The summed E-state index contributed by atoms with van der Waals surface area (Å²) in [6.07, 6.45) is 1.44. The molecule has 162 valence electrons. The van der Waals surface area contributed by atoms with E-state index in [0.29, 0.717) is 10.8 Å². The number of carbonyl (C=O) groups excluding carboxylic acids is 2. The Bertz CT molecular complexity index is 1180. The molecule has 3 aromatic rings. The SMILES string of the molecule is O=C(COC(=O)c1ccc(S(=O)(=O)NCc2ccco2)cc1)Nc1cc(Cl)ccc1Cl. The minimum absolute atomic E-state index is 0.00905. The summed E-state index contributed by atoms with van der Waals surface area (Å²) >= 11 is 11.8. The average molecular weight is 483 g/mol. The van der Waals surface area contributed by atoms with E-state index in [1.54, 1.807) is 18.2 Å². The first kappa shape index (κ1) is 22.8. The minimum atomic E-state index is -3.80. The molecule has 0 spiro atoms. The third-order valence-electron chi connectivity index (χ3n) is 3.95. The third-order valence-corrected chi connectivity index (χ3v) is 5.94. The van der Waals surface area contributed by atoms with Crippen molar-refractivity contribution in [1.82, 2.24) is 4.72 Å². The Hall–Kier alpha value is -2.85. The van der Waals surface area contributed by atoms with Crippen molar-refractivity contribution in [2.75, 3.05) is 11.9 Å². The molecule has 1 amide bonds. The number of amides is 1. The fourth-order valence-corrected chi connectivity index (χ4v) is 3.76. The van der Waals surface area contributed by atoms with Gasteiger partial charge in [0.05, 0.1) is 34.0 Å². The van der Waals surface area contributed by atoms with Crippen molar-refractivity contribution >= 4 is 50.8 Å². The molecule has 0 saturated carbocycles. The molecule has 0 aliphatic carbocycles. The lowest BCUT2D eigenvalue weighted by atomic mass is 10.2. The summed E-state index contributed by atoms with van der Waals surface area (Å²) in [5.41, 5.74) is 0.366. The van der Waals surface area contributed by atoms with E-state index in [2.05, 4.69) is 10.0 Å². The molecule has 0 bridgehead atoms. The minimum Gasteiger partial charge on any atom is -0.468 e. The summed E-state index contributed by atoms with van der Waals surface area (Å²) in [5.74, 6) is -0.945. The molecule has 0 aliphatic heterocycles. The van der Waals surface area contributed by atoms with Crippen LogP contribution >= 0.6 is 23.2 Å². The van der Waals surface area contributed by atoms with Crippen LogP contribution in [0.4, 0.5) is 5.69 Å². The molecule has 2 aromatic carbocycles. The largest absolute Gasteiger partial charge is 0.468 e. The Morgan fingerprint density at radius 1 is 1.03 bits per heavy atom. The highest BCUT2D eigenvalue weighted by Crippen LogP contribution is 2.25. The van der Waals surface area contributed by atoms with Gasteiger partial charge in [-0.1, -0.05) is 23.2 Å². The van der Waals surface area contributed by atoms with Crippen LogP contribution in [0.2, 0.25) is 10.0 Å². The maximum Gasteiger partial charge on any atom is 0.338 e. The smallest absolute Gasteiger partial charge is 0.338 e. The number of nitrogens with one attached hydrogen (secondary N) is 2. The van der Waals surface area contributed by atoms with Crippen molar-refractivity contribution in [2.24, 2.45) is 0 Å². The molecule has 0 atom stereocenters. The number of ether oxygens (including phenoxy) is 1. The molecule has 1 aromatic heterocycles. The number of halogens is 2. The number of sulfonamides is 1. The maximum atomic E-state index is 12.3. The van der Waals surface area contributed by atoms with Crippen molar-refractivity contribution < 1.29 is 27.2 Å². The van der Waals surface area contributed by atoms with E-state index in [4.69, 9.17) is 32.4 Å². The van der Waals surface area contributed by atoms with Gasteiger partial charge >= 0.3 is 5.97 Å². The van der Waals surface area contributed by atoms with E-state index in [-0.39, 0.29) is 27.7 Å². The van der Waals surface area contributed by atoms with Gasteiger partial charge in [-0.3, -0.25) is 4.79 Å². The Morgan fingerprint density at radius 3 is 2.45 bits per heavy atom. The number of anilines is 1. The second-order valence-electron chi connectivity index (χ2n) is 6.18. The van der Waals surface area contributed by atoms with E-state index in [1.165, 1.54) is 42.7 Å². The van der Waals surface area contributed by atoms with Gasteiger partial charge in [-0.05, 0) is 54.6 Å². The first-order valence-electron chi connectivity index (χ1n) is 8.79. The normalized spacial score (nSPS) is 11.2. The topological polar surface area (TPSA) is 115 Å². The van der Waals surface area contributed by atoms with E-state index in [0.717, 1.165) is 0 Å². The van der Waals surface area contributed by atoms with Gasteiger partial charge in [0.15, 0.2) is 6.61 Å². The van der Waals surface area contributed by atoms with E-state index in [9.17, 15) is 18.0 Å². The molecule has 3 rings (SSSR count). The molecule has 2 N–H and O–H groups in total. The fraction of sp³-hybridized carbons (Fsp3) is 0.100. The second-order valence-corrected chi connectivity index (χ2v) is 8.79. The van der Waals surface area contributed by atoms with Gasteiger partial charge in [-0.15, -0.1) is 0 Å². The molecule has 0 unspecified atom stereocenters. The lowest BCUT2D eigenvalue weighted by molar-refractivity contribution is -0.119. The monoisotopic (exact) mass is 482 g/mol. The van der Waals surface area contributed by atoms with Crippen LogP contribution in [-0.2, 0) is 26.1 Å². The van der Waals surface area contributed by atoms with Crippen LogP contribution in [0.1, 0.15) is 16.1 Å². The first-order chi connectivity index (χ1) is 14.7. The summed E-state index contributed by atoms with van der Waals surface area (Å²) in [7, 11) is -3.80. The summed E-state index contributed by atoms with van der Waals surface area (Å²) < 4.78 is 37.0. The molecule has 0 fully saturated rings. The Balaban J connectivity index is 1.55. The molecular weight excluding hydrogens is 467 g/mol. The zero-order chi connectivity index (χ0) is 22.4. The summed E-state index contributed by atoms with van der Waals surface area (Å²) in [5, 5.41) is 3.14. The molecule has 0 radical (unpaired) electrons. The van der Waals surface area contributed by atoms with E-state index >= 15 is 0 Å². The van der Waals surface area contributed by atoms with Gasteiger partial charge in [0.25, 0.3) is 5.91 Å². The molecule has 0 aliphatic rings. The maximum absolute atomic E-state index is 12.3. The van der Waals surface area contributed by atoms with Gasteiger partial charge < -0.3 is 14.5 Å². The summed E-state index contributed by atoms with van der Waals surface area (Å²) in [6, 6.07) is 12.9. The lowest BCUT2D eigenvalue weighted by Crippen LogP contribution is -2.23. The number of carbonyl (C=O) groups is 2. The highest BCUT2D eigenvalue weighted by atomic mass is 35.5. The average Bonchev–Trinajstić information content (AvgIpc) is 3.27. The molecule has 31 heavy (non-hydrogen) atoms. The number of benzene rings is 2. The van der Waals surface area contributed by atoms with Gasteiger partial charge in [-0.25, -0.2) is 17.9 Å². The van der Waals surface area contributed by atoms with Gasteiger partial charge in [-0.2, -0.15) is 0 Å². The number of furan rings is 1. The van der Waals surface area contributed by atoms with Crippen molar-refractivity contribution in [2.45, 2.75) is 11.4 Å². The molecule has 11 heteroatoms. The number of esters is 1. The number of hydrogen-bond donors (Lipinski definition) is 2. The van der Waals surface area contributed by atoms with Crippen LogP contribution < -0.4 is 10.0 Å². The van der Waals surface area contributed by atoms with Crippen LogP contribution in [-0.4, -0.2) is 26.9 Å². The quantitative estimate of drug-likeness (QED) is 0.471. The molecule has 1 heterocycles. The standard InChI is InChI=1S/C20H16Cl2N2O6S/c21-14-5-8-17(22)18(10-14)24-19(25)12-30-20(26)13-3-6-16(7-4-13)31(27,28)23-11-15-2-1-9-29-15/h1-10,23H,11-12H2,(H,24,25). The highest BCUT2D eigenvalue weighted by molar-refractivity contribution is 7.89. The first-order valence-corrected chi connectivity index (χ1v) is 11.0. The van der Waals surface area contributed by atoms with E-state index in [1.807, 2.05) is 0 Å². The molecule has 0 saturated heterocycles. The van der Waals surface area contributed by atoms with Crippen LogP contribution in [0, 0.1) is 0 Å².